The third-order valence-electron chi connectivity index (χ3n) is 2.99. The van der Waals surface area contributed by atoms with Gasteiger partial charge in [0.15, 0.2) is 0 Å². The van der Waals surface area contributed by atoms with Crippen LogP contribution in [0.5, 0.6) is 0 Å². The second kappa shape index (κ2) is 9.72. The Morgan fingerprint density at radius 1 is 1.46 bits per heavy atom. The first-order chi connectivity index (χ1) is 11.7. The molecule has 0 aromatic carbocycles. The molecule has 2 heterocycles. The van der Waals surface area contributed by atoms with Gasteiger partial charge in [-0.05, 0) is 36.6 Å². The SMILES string of the molecule is CCCSCSc1nc(-c2cccs2)cc(C(=O)OCC)c1C#N. The molecule has 0 spiro atoms. The Labute approximate surface area is 154 Å². The van der Waals surface area contributed by atoms with Crippen molar-refractivity contribution in [3.05, 3.63) is 34.7 Å². The zero-order valence-electron chi connectivity index (χ0n) is 13.6. The quantitative estimate of drug-likeness (QED) is 0.277. The van der Waals surface area contributed by atoms with Crippen molar-refractivity contribution in [2.24, 2.45) is 0 Å². The molecular weight excluding hydrogens is 360 g/mol. The maximum absolute atomic E-state index is 12.3. The van der Waals surface area contributed by atoms with Crippen molar-refractivity contribution >= 4 is 40.8 Å². The molecule has 0 aliphatic heterocycles. The van der Waals surface area contributed by atoms with Gasteiger partial charge in [-0.15, -0.1) is 11.3 Å². The zero-order valence-corrected chi connectivity index (χ0v) is 16.0. The summed E-state index contributed by atoms with van der Waals surface area (Å²) in [5.74, 6) is 0.585. The molecule has 7 heteroatoms. The predicted octanol–water partition coefficient (Wildman–Crippen LogP) is 5.05. The summed E-state index contributed by atoms with van der Waals surface area (Å²) in [4.78, 5) is 17.8. The van der Waals surface area contributed by atoms with Crippen molar-refractivity contribution in [1.29, 1.82) is 5.26 Å². The molecule has 2 aromatic rings. The Morgan fingerprint density at radius 2 is 2.29 bits per heavy atom. The molecule has 0 unspecified atom stereocenters. The van der Waals surface area contributed by atoms with E-state index in [0.717, 1.165) is 22.1 Å². The number of nitrogens with zero attached hydrogens (tertiary/aromatic N) is 2. The third kappa shape index (κ3) is 4.76. The number of thiophene rings is 1. The van der Waals surface area contributed by atoms with Crippen LogP contribution in [0.3, 0.4) is 0 Å². The maximum atomic E-state index is 12.3. The molecule has 0 N–H and O–H groups in total. The molecule has 24 heavy (non-hydrogen) atoms. The lowest BCUT2D eigenvalue weighted by atomic mass is 10.1. The van der Waals surface area contributed by atoms with E-state index in [4.69, 9.17) is 4.74 Å². The van der Waals surface area contributed by atoms with E-state index in [1.165, 1.54) is 11.8 Å². The summed E-state index contributed by atoms with van der Waals surface area (Å²) in [6.45, 7) is 4.16. The van der Waals surface area contributed by atoms with Crippen molar-refractivity contribution < 1.29 is 9.53 Å². The minimum Gasteiger partial charge on any atom is -0.462 e. The fourth-order valence-electron chi connectivity index (χ4n) is 1.96. The first kappa shape index (κ1) is 18.8. The van der Waals surface area contributed by atoms with Gasteiger partial charge >= 0.3 is 5.97 Å². The van der Waals surface area contributed by atoms with Crippen molar-refractivity contribution in [2.45, 2.75) is 25.3 Å². The van der Waals surface area contributed by atoms with Crippen LogP contribution in [0.25, 0.3) is 10.6 Å². The highest BCUT2D eigenvalue weighted by atomic mass is 32.2. The van der Waals surface area contributed by atoms with E-state index >= 15 is 0 Å². The second-order valence-electron chi connectivity index (χ2n) is 4.72. The van der Waals surface area contributed by atoms with Crippen molar-refractivity contribution in [2.75, 3.05) is 17.4 Å². The molecule has 0 fully saturated rings. The Morgan fingerprint density at radius 3 is 2.92 bits per heavy atom. The van der Waals surface area contributed by atoms with Gasteiger partial charge in [-0.1, -0.05) is 24.8 Å². The van der Waals surface area contributed by atoms with E-state index in [1.807, 2.05) is 17.5 Å². The normalized spacial score (nSPS) is 10.4. The Bertz CT molecular complexity index is 724. The minimum atomic E-state index is -0.475. The van der Waals surface area contributed by atoms with E-state index in [-0.39, 0.29) is 6.61 Å². The summed E-state index contributed by atoms with van der Waals surface area (Å²) < 4.78 is 5.11. The molecule has 0 amide bonds. The van der Waals surface area contributed by atoms with Gasteiger partial charge in [0.05, 0.1) is 28.3 Å². The molecule has 0 bridgehead atoms. The number of hydrogen-bond donors (Lipinski definition) is 0. The number of carbonyl (C=O) groups excluding carboxylic acids is 1. The standard InChI is InChI=1S/C17H18N2O2S3/c1-3-7-22-11-24-16-13(10-18)12(17(20)21-4-2)9-14(19-16)15-6-5-8-23-15/h5-6,8-9H,3-4,7,11H2,1-2H3. The predicted molar refractivity (Wildman–Crippen MR) is 102 cm³/mol. The average Bonchev–Trinajstić information content (AvgIpc) is 3.12. The fourth-order valence-corrected chi connectivity index (χ4v) is 4.64. The molecule has 2 aromatic heterocycles. The van der Waals surface area contributed by atoms with Crippen molar-refractivity contribution in [3.63, 3.8) is 0 Å². The third-order valence-corrected chi connectivity index (χ3v) is 6.29. The van der Waals surface area contributed by atoms with Crippen molar-refractivity contribution in [1.82, 2.24) is 4.98 Å². The number of hydrogen-bond acceptors (Lipinski definition) is 7. The summed E-state index contributed by atoms with van der Waals surface area (Å²) in [7, 11) is 0. The van der Waals surface area contributed by atoms with E-state index < -0.39 is 5.97 Å². The summed E-state index contributed by atoms with van der Waals surface area (Å²) >= 11 is 4.85. The molecular formula is C17H18N2O2S3. The highest BCUT2D eigenvalue weighted by Gasteiger charge is 2.20. The van der Waals surface area contributed by atoms with Crippen LogP contribution in [0, 0.1) is 11.3 Å². The summed E-state index contributed by atoms with van der Waals surface area (Å²) in [6.07, 6.45) is 1.10. The van der Waals surface area contributed by atoms with E-state index in [1.54, 1.807) is 36.1 Å². The van der Waals surface area contributed by atoms with Gasteiger partial charge < -0.3 is 4.74 Å². The van der Waals surface area contributed by atoms with E-state index in [0.29, 0.717) is 21.8 Å². The van der Waals surface area contributed by atoms with Gasteiger partial charge in [0.1, 0.15) is 11.1 Å². The molecule has 0 saturated heterocycles. The largest absolute Gasteiger partial charge is 0.462 e. The smallest absolute Gasteiger partial charge is 0.339 e. The Kier molecular flexibility index (Phi) is 7.63. The second-order valence-corrected chi connectivity index (χ2v) is 8.10. The highest BCUT2D eigenvalue weighted by Crippen LogP contribution is 2.32. The van der Waals surface area contributed by atoms with Crippen LogP contribution in [0.1, 0.15) is 36.2 Å². The topological polar surface area (TPSA) is 63.0 Å². The first-order valence-electron chi connectivity index (χ1n) is 7.57. The lowest BCUT2D eigenvalue weighted by Crippen LogP contribution is -2.09. The molecule has 2 rings (SSSR count). The molecule has 4 nitrogen and oxygen atoms in total. The van der Waals surface area contributed by atoms with Gasteiger partial charge in [-0.25, -0.2) is 9.78 Å². The summed E-state index contributed by atoms with van der Waals surface area (Å²) in [5, 5.41) is 12.9. The molecule has 0 aliphatic carbocycles. The first-order valence-corrected chi connectivity index (χ1v) is 10.6. The number of rotatable bonds is 8. The number of carbonyl (C=O) groups is 1. The summed E-state index contributed by atoms with van der Waals surface area (Å²) in [5.41, 5.74) is 1.30. The van der Waals surface area contributed by atoms with Gasteiger partial charge in [0, 0.05) is 5.08 Å². The highest BCUT2D eigenvalue weighted by molar-refractivity contribution is 8.15. The van der Waals surface area contributed by atoms with E-state index in [9.17, 15) is 10.1 Å². The molecule has 126 valence electrons. The number of ether oxygens (including phenoxy) is 1. The number of nitriles is 1. The summed E-state index contributed by atoms with van der Waals surface area (Å²) in [6, 6.07) is 7.68. The van der Waals surface area contributed by atoms with Crippen LogP contribution in [-0.4, -0.2) is 28.4 Å². The number of pyridine rings is 1. The van der Waals surface area contributed by atoms with Gasteiger partial charge in [0.2, 0.25) is 0 Å². The fraction of sp³-hybridized carbons (Fsp3) is 0.353. The number of thioether (sulfide) groups is 2. The minimum absolute atomic E-state index is 0.273. The van der Waals surface area contributed by atoms with Crippen LogP contribution in [-0.2, 0) is 4.74 Å². The number of esters is 1. The van der Waals surface area contributed by atoms with Crippen LogP contribution in [0.2, 0.25) is 0 Å². The van der Waals surface area contributed by atoms with Crippen LogP contribution in [0.4, 0.5) is 0 Å². The van der Waals surface area contributed by atoms with Crippen molar-refractivity contribution in [3.8, 4) is 16.6 Å². The zero-order chi connectivity index (χ0) is 17.4. The van der Waals surface area contributed by atoms with E-state index in [2.05, 4.69) is 18.0 Å². The van der Waals surface area contributed by atoms with Gasteiger partial charge in [-0.2, -0.15) is 17.0 Å². The monoisotopic (exact) mass is 378 g/mol. The molecule has 0 aliphatic rings. The lowest BCUT2D eigenvalue weighted by molar-refractivity contribution is 0.0525. The molecule has 0 saturated carbocycles. The molecule has 0 atom stereocenters. The average molecular weight is 379 g/mol. The van der Waals surface area contributed by atoms with Crippen LogP contribution < -0.4 is 0 Å². The van der Waals surface area contributed by atoms with Gasteiger partial charge in [-0.3, -0.25) is 0 Å². The Hall–Kier alpha value is -1.49. The molecule has 0 radical (unpaired) electrons. The van der Waals surface area contributed by atoms with Crippen LogP contribution in [0.15, 0.2) is 28.6 Å². The maximum Gasteiger partial charge on any atom is 0.339 e. The number of aromatic nitrogens is 1. The Balaban J connectivity index is 2.42. The van der Waals surface area contributed by atoms with Gasteiger partial charge in [0.25, 0.3) is 0 Å². The lowest BCUT2D eigenvalue weighted by Gasteiger charge is -2.10. The van der Waals surface area contributed by atoms with Crippen LogP contribution >= 0.6 is 34.9 Å².